The van der Waals surface area contributed by atoms with Crippen molar-refractivity contribution in [2.24, 2.45) is 5.92 Å². The highest BCUT2D eigenvalue weighted by molar-refractivity contribution is 6.39. The summed E-state index contributed by atoms with van der Waals surface area (Å²) in [5, 5.41) is 7.67. The molecule has 2 N–H and O–H groups in total. The molecule has 48 heavy (non-hydrogen) atoms. The van der Waals surface area contributed by atoms with Gasteiger partial charge in [0.1, 0.15) is 5.78 Å². The molecule has 2 aromatic heterocycles. The number of pyridine rings is 2. The standard InChI is InChI=1S/C38H40Cl2N4O4/c1-47-37-24(6-3-7-28-13-15-34(46)44-28)17-25(21-42-37)30-8-4-10-32(35(30)39)33-11-5-9-31(36(33)40)26-18-27(38(48-2)43-22-26)20-41-19-23-12-14-29(45)16-23/h4-5,8-11,17-18,21-23,28,41H,3,6-7,12-16,19-20H2,1-2H3,(H,44,46)/t23-,28-/m1/s1. The fourth-order valence-corrected chi connectivity index (χ4v) is 7.47. The number of aryl methyl sites for hydroxylation is 1. The number of amides is 1. The van der Waals surface area contributed by atoms with Gasteiger partial charge in [0.15, 0.2) is 0 Å². The second-order valence-electron chi connectivity index (χ2n) is 12.6. The Bertz CT molecular complexity index is 1680. The number of hydrogen-bond acceptors (Lipinski definition) is 7. The van der Waals surface area contributed by atoms with Gasteiger partial charge in [-0.25, -0.2) is 9.97 Å². The van der Waals surface area contributed by atoms with Gasteiger partial charge in [0.05, 0.1) is 24.3 Å². The molecule has 0 bridgehead atoms. The lowest BCUT2D eigenvalue weighted by molar-refractivity contribution is -0.119. The predicted molar refractivity (Wildman–Crippen MR) is 190 cm³/mol. The Balaban J connectivity index is 1.24. The Morgan fingerprint density at radius 3 is 2.00 bits per heavy atom. The molecule has 0 spiro atoms. The smallest absolute Gasteiger partial charge is 0.220 e. The number of carbonyl (C=O) groups excluding carboxylic acids is 2. The summed E-state index contributed by atoms with van der Waals surface area (Å²) in [5.74, 6) is 1.99. The zero-order valence-electron chi connectivity index (χ0n) is 27.3. The fourth-order valence-electron chi connectivity index (χ4n) is 6.80. The van der Waals surface area contributed by atoms with E-state index in [9.17, 15) is 9.59 Å². The molecule has 2 aliphatic rings. The number of ether oxygens (including phenoxy) is 2. The van der Waals surface area contributed by atoms with Crippen LogP contribution < -0.4 is 20.1 Å². The molecule has 8 nitrogen and oxygen atoms in total. The van der Waals surface area contributed by atoms with Crippen LogP contribution in [-0.4, -0.2) is 48.5 Å². The number of hydrogen-bond donors (Lipinski definition) is 2. The molecule has 2 aromatic carbocycles. The highest BCUT2D eigenvalue weighted by atomic mass is 35.5. The van der Waals surface area contributed by atoms with Gasteiger partial charge >= 0.3 is 0 Å². The highest BCUT2D eigenvalue weighted by Crippen LogP contribution is 2.43. The van der Waals surface area contributed by atoms with Gasteiger partial charge in [-0.15, -0.1) is 0 Å². The molecule has 0 unspecified atom stereocenters. The van der Waals surface area contributed by atoms with E-state index in [2.05, 4.69) is 26.7 Å². The van der Waals surface area contributed by atoms with Crippen LogP contribution in [0, 0.1) is 5.92 Å². The predicted octanol–water partition coefficient (Wildman–Crippen LogP) is 7.86. The molecular formula is C38H40Cl2N4O4. The molecule has 1 aliphatic carbocycles. The Kier molecular flexibility index (Phi) is 10.9. The van der Waals surface area contributed by atoms with Crippen LogP contribution in [-0.2, 0) is 22.6 Å². The van der Waals surface area contributed by atoms with Gasteiger partial charge in [-0.1, -0.05) is 59.6 Å². The van der Waals surface area contributed by atoms with Crippen LogP contribution in [0.15, 0.2) is 60.9 Å². The third-order valence-corrected chi connectivity index (χ3v) is 10.1. The molecule has 0 radical (unpaired) electrons. The molecule has 1 saturated heterocycles. The van der Waals surface area contributed by atoms with Crippen LogP contribution in [0.5, 0.6) is 11.8 Å². The quantitative estimate of drug-likeness (QED) is 0.148. The van der Waals surface area contributed by atoms with E-state index in [0.29, 0.717) is 59.3 Å². The van der Waals surface area contributed by atoms with E-state index < -0.39 is 0 Å². The van der Waals surface area contributed by atoms with Gasteiger partial charge in [-0.2, -0.15) is 0 Å². The van der Waals surface area contributed by atoms with Crippen LogP contribution in [0.25, 0.3) is 33.4 Å². The summed E-state index contributed by atoms with van der Waals surface area (Å²) in [6, 6.07) is 16.2. The van der Waals surface area contributed by atoms with Crippen LogP contribution in [0.4, 0.5) is 0 Å². The van der Waals surface area contributed by atoms with Crippen LogP contribution in [0.1, 0.15) is 56.1 Å². The first-order valence-electron chi connectivity index (χ1n) is 16.5. The van der Waals surface area contributed by atoms with Crippen molar-refractivity contribution >= 4 is 34.9 Å². The molecule has 2 atom stereocenters. The largest absolute Gasteiger partial charge is 0.481 e. The zero-order valence-corrected chi connectivity index (χ0v) is 28.8. The summed E-state index contributed by atoms with van der Waals surface area (Å²) in [6.45, 7) is 1.34. The first-order valence-corrected chi connectivity index (χ1v) is 17.3. The summed E-state index contributed by atoms with van der Waals surface area (Å²) in [5.41, 5.74) is 6.96. The number of aromatic nitrogens is 2. The highest BCUT2D eigenvalue weighted by Gasteiger charge is 2.23. The van der Waals surface area contributed by atoms with Gasteiger partial charge in [-0.3, -0.25) is 9.59 Å². The molecule has 4 aromatic rings. The first kappa shape index (κ1) is 33.9. The molecule has 1 amide bonds. The summed E-state index contributed by atoms with van der Waals surface area (Å²) in [6.07, 6.45) is 9.89. The number of rotatable bonds is 13. The number of benzene rings is 2. The molecular weight excluding hydrogens is 647 g/mol. The van der Waals surface area contributed by atoms with Gasteiger partial charge in [0.25, 0.3) is 0 Å². The third-order valence-electron chi connectivity index (χ3n) is 9.33. The molecule has 6 rings (SSSR count). The Morgan fingerprint density at radius 1 is 0.833 bits per heavy atom. The molecule has 1 aliphatic heterocycles. The Hall–Kier alpha value is -3.98. The van der Waals surface area contributed by atoms with Crippen molar-refractivity contribution in [3.8, 4) is 45.1 Å². The average molecular weight is 688 g/mol. The van der Waals surface area contributed by atoms with E-state index in [1.807, 2.05) is 42.5 Å². The van der Waals surface area contributed by atoms with Crippen molar-refractivity contribution in [3.05, 3.63) is 82.1 Å². The van der Waals surface area contributed by atoms with E-state index in [0.717, 1.165) is 83.2 Å². The van der Waals surface area contributed by atoms with Crippen molar-refractivity contribution in [3.63, 3.8) is 0 Å². The van der Waals surface area contributed by atoms with Crippen LogP contribution in [0.3, 0.4) is 0 Å². The minimum Gasteiger partial charge on any atom is -0.481 e. The Morgan fingerprint density at radius 2 is 1.44 bits per heavy atom. The van der Waals surface area contributed by atoms with E-state index in [4.69, 9.17) is 32.7 Å². The summed E-state index contributed by atoms with van der Waals surface area (Å²) < 4.78 is 11.1. The number of carbonyl (C=O) groups is 2. The molecule has 2 fully saturated rings. The second-order valence-corrected chi connectivity index (χ2v) is 13.3. The average Bonchev–Trinajstić information content (AvgIpc) is 3.71. The fraction of sp³-hybridized carbons (Fsp3) is 0.368. The Labute approximate surface area is 291 Å². The van der Waals surface area contributed by atoms with Crippen molar-refractivity contribution in [2.75, 3.05) is 20.8 Å². The van der Waals surface area contributed by atoms with Crippen molar-refractivity contribution in [2.45, 2.75) is 64.0 Å². The van der Waals surface area contributed by atoms with Crippen molar-refractivity contribution in [1.29, 1.82) is 0 Å². The lowest BCUT2D eigenvalue weighted by Gasteiger charge is -2.16. The minimum absolute atomic E-state index is 0.134. The van der Waals surface area contributed by atoms with E-state index in [1.165, 1.54) is 0 Å². The number of ketones is 1. The van der Waals surface area contributed by atoms with Crippen molar-refractivity contribution in [1.82, 2.24) is 20.6 Å². The molecule has 3 heterocycles. The van der Waals surface area contributed by atoms with Gasteiger partial charge in [0.2, 0.25) is 17.7 Å². The van der Waals surface area contributed by atoms with E-state index in [1.54, 1.807) is 26.6 Å². The lowest BCUT2D eigenvalue weighted by atomic mass is 9.95. The second kappa shape index (κ2) is 15.5. The summed E-state index contributed by atoms with van der Waals surface area (Å²) in [4.78, 5) is 32.5. The van der Waals surface area contributed by atoms with Crippen LogP contribution >= 0.6 is 23.2 Å². The number of nitrogens with zero attached hydrogens (tertiary/aromatic N) is 2. The molecule has 1 saturated carbocycles. The number of nitrogens with one attached hydrogen (secondary N) is 2. The monoisotopic (exact) mass is 686 g/mol. The van der Waals surface area contributed by atoms with Gasteiger partial charge in [0, 0.05) is 88.8 Å². The maximum Gasteiger partial charge on any atom is 0.220 e. The van der Waals surface area contributed by atoms with Crippen LogP contribution in [0.2, 0.25) is 10.0 Å². The first-order chi connectivity index (χ1) is 23.3. The van der Waals surface area contributed by atoms with Crippen molar-refractivity contribution < 1.29 is 19.1 Å². The number of halogens is 2. The zero-order chi connectivity index (χ0) is 33.6. The lowest BCUT2D eigenvalue weighted by Crippen LogP contribution is -2.25. The molecule has 250 valence electrons. The van der Waals surface area contributed by atoms with E-state index in [-0.39, 0.29) is 11.9 Å². The maximum atomic E-state index is 11.7. The number of Topliss-reactive ketones (excluding diaryl/α,β-unsaturated/α-hetero) is 1. The minimum atomic E-state index is 0.134. The molecule has 10 heteroatoms. The van der Waals surface area contributed by atoms with Gasteiger partial charge in [-0.05, 0) is 56.7 Å². The van der Waals surface area contributed by atoms with E-state index >= 15 is 0 Å². The normalized spacial score (nSPS) is 17.5. The topological polar surface area (TPSA) is 102 Å². The third kappa shape index (κ3) is 7.67. The summed E-state index contributed by atoms with van der Waals surface area (Å²) >= 11 is 14.3. The maximum absolute atomic E-state index is 11.7. The SMILES string of the molecule is COc1ncc(-c2cccc(-c3cccc(-c4cnc(OC)c(CNC[C@@H]5CCC(=O)C5)c4)c3Cl)c2Cl)cc1CCC[C@@H]1CCC(=O)N1. The summed E-state index contributed by atoms with van der Waals surface area (Å²) in [7, 11) is 3.24. The number of methoxy groups -OCH3 is 2. The van der Waals surface area contributed by atoms with Gasteiger partial charge < -0.3 is 20.1 Å².